The molecule has 4 heteroatoms. The molecule has 0 radical (unpaired) electrons. The minimum Gasteiger partial charge on any atom is -0.456 e. The predicted molar refractivity (Wildman–Crippen MR) is 230 cm³/mol. The van der Waals surface area contributed by atoms with Gasteiger partial charge in [-0.1, -0.05) is 109 Å². The molecule has 252 valence electrons. The molecule has 0 N–H and O–H groups in total. The van der Waals surface area contributed by atoms with Crippen LogP contribution in [0.1, 0.15) is 0 Å². The molecule has 2 aromatic heterocycles. The third-order valence-electron chi connectivity index (χ3n) is 11.1. The molecule has 0 unspecified atom stereocenters. The molecule has 0 spiro atoms. The lowest BCUT2D eigenvalue weighted by Gasteiger charge is -2.29. The summed E-state index contributed by atoms with van der Waals surface area (Å²) >= 11 is 1.87. The molecule has 11 aromatic rings. The number of hydrogen-bond donors (Lipinski definition) is 0. The smallest absolute Gasteiger partial charge is 0.137 e. The summed E-state index contributed by atoms with van der Waals surface area (Å²) in [5.74, 6) is 0. The van der Waals surface area contributed by atoms with Crippen molar-refractivity contribution in [2.75, 3.05) is 9.80 Å². The van der Waals surface area contributed by atoms with Gasteiger partial charge in [-0.05, 0) is 105 Å². The molecule has 9 aromatic carbocycles. The first-order valence-corrected chi connectivity index (χ1v) is 19.1. The van der Waals surface area contributed by atoms with E-state index in [1.165, 1.54) is 52.8 Å². The van der Waals surface area contributed by atoms with Gasteiger partial charge in [0, 0.05) is 42.9 Å². The van der Waals surface area contributed by atoms with Gasteiger partial charge in [0.15, 0.2) is 0 Å². The maximum atomic E-state index is 6.70. The van der Waals surface area contributed by atoms with Gasteiger partial charge in [-0.2, -0.15) is 0 Å². The van der Waals surface area contributed by atoms with Crippen LogP contribution in [-0.4, -0.2) is 0 Å². The Morgan fingerprint density at radius 2 is 0.926 bits per heavy atom. The van der Waals surface area contributed by atoms with E-state index in [1.54, 1.807) is 0 Å². The van der Waals surface area contributed by atoms with Gasteiger partial charge in [-0.25, -0.2) is 0 Å². The number of thiophene rings is 1. The molecule has 3 heterocycles. The van der Waals surface area contributed by atoms with Crippen molar-refractivity contribution in [1.29, 1.82) is 0 Å². The average molecular weight is 707 g/mol. The summed E-state index contributed by atoms with van der Waals surface area (Å²) < 4.78 is 9.30. The van der Waals surface area contributed by atoms with E-state index in [0.717, 1.165) is 56.1 Å². The van der Waals surface area contributed by atoms with E-state index in [1.807, 2.05) is 11.3 Å². The average Bonchev–Trinajstić information content (AvgIpc) is 3.81. The van der Waals surface area contributed by atoms with E-state index < -0.39 is 0 Å². The summed E-state index contributed by atoms with van der Waals surface area (Å²) in [5.41, 5.74) is 10.6. The van der Waals surface area contributed by atoms with Gasteiger partial charge in [0.25, 0.3) is 0 Å². The molecule has 0 aliphatic carbocycles. The molecular formula is C50H30N2OS. The number of hydrogen-bond acceptors (Lipinski definition) is 4. The van der Waals surface area contributed by atoms with Gasteiger partial charge in [0.05, 0.1) is 22.1 Å². The van der Waals surface area contributed by atoms with Gasteiger partial charge in [0.2, 0.25) is 0 Å². The fourth-order valence-corrected chi connectivity index (χ4v) is 9.91. The van der Waals surface area contributed by atoms with Crippen LogP contribution < -0.4 is 9.80 Å². The van der Waals surface area contributed by atoms with Crippen LogP contribution in [-0.2, 0) is 0 Å². The minimum absolute atomic E-state index is 0.865. The molecule has 1 aliphatic rings. The summed E-state index contributed by atoms with van der Waals surface area (Å²) in [7, 11) is 0. The SMILES string of the molecule is c1ccc2cc(N3c4cc(-c5cccc6c5sc5ccccc56)cc(c4)N(c4ccc5ccccc5c4)c4cccc5oc6cccc3c6c45)ccc2c1. The number of benzene rings is 9. The van der Waals surface area contributed by atoms with Crippen LogP contribution in [0, 0.1) is 0 Å². The van der Waals surface area contributed by atoms with Crippen LogP contribution in [0.5, 0.6) is 0 Å². The first-order valence-electron chi connectivity index (χ1n) is 18.3. The number of furan rings is 1. The zero-order valence-corrected chi connectivity index (χ0v) is 29.8. The summed E-state index contributed by atoms with van der Waals surface area (Å²) in [6.07, 6.45) is 0. The van der Waals surface area contributed by atoms with Gasteiger partial charge < -0.3 is 14.2 Å². The van der Waals surface area contributed by atoms with Gasteiger partial charge in [-0.15, -0.1) is 11.3 Å². The monoisotopic (exact) mass is 706 g/mol. The van der Waals surface area contributed by atoms with Crippen LogP contribution >= 0.6 is 11.3 Å². The molecular weight excluding hydrogens is 677 g/mol. The molecule has 3 nitrogen and oxygen atoms in total. The minimum atomic E-state index is 0.865. The zero-order valence-electron chi connectivity index (χ0n) is 29.0. The zero-order chi connectivity index (χ0) is 35.3. The molecule has 0 atom stereocenters. The second kappa shape index (κ2) is 11.3. The maximum absolute atomic E-state index is 6.70. The largest absolute Gasteiger partial charge is 0.456 e. The Labute approximate surface area is 315 Å². The van der Waals surface area contributed by atoms with E-state index in [0.29, 0.717) is 0 Å². The van der Waals surface area contributed by atoms with Crippen LogP contribution in [0.15, 0.2) is 186 Å². The van der Waals surface area contributed by atoms with E-state index in [2.05, 4.69) is 192 Å². The highest BCUT2D eigenvalue weighted by Crippen LogP contribution is 2.52. The van der Waals surface area contributed by atoms with Crippen molar-refractivity contribution in [3.63, 3.8) is 0 Å². The Bertz CT molecular complexity index is 3160. The molecule has 12 rings (SSSR count). The summed E-state index contributed by atoms with van der Waals surface area (Å²) in [6, 6.07) is 66.4. The lowest BCUT2D eigenvalue weighted by molar-refractivity contribution is 0.669. The Morgan fingerprint density at radius 1 is 0.389 bits per heavy atom. The Balaban J connectivity index is 1.23. The van der Waals surface area contributed by atoms with Gasteiger partial charge >= 0.3 is 0 Å². The van der Waals surface area contributed by atoms with Crippen LogP contribution in [0.25, 0.3) is 74.8 Å². The summed E-state index contributed by atoms with van der Waals surface area (Å²) in [6.45, 7) is 0. The van der Waals surface area contributed by atoms with E-state index in [9.17, 15) is 0 Å². The molecule has 0 saturated carbocycles. The van der Waals surface area contributed by atoms with Gasteiger partial charge in [0.1, 0.15) is 11.2 Å². The van der Waals surface area contributed by atoms with Gasteiger partial charge in [-0.3, -0.25) is 0 Å². The topological polar surface area (TPSA) is 19.6 Å². The molecule has 0 fully saturated rings. The third-order valence-corrected chi connectivity index (χ3v) is 12.3. The number of anilines is 6. The fraction of sp³-hybridized carbons (Fsp3) is 0. The number of nitrogens with zero attached hydrogens (tertiary/aromatic N) is 2. The first kappa shape index (κ1) is 29.7. The van der Waals surface area contributed by atoms with Crippen molar-refractivity contribution in [2.45, 2.75) is 0 Å². The first-order chi connectivity index (χ1) is 26.7. The maximum Gasteiger partial charge on any atom is 0.137 e. The highest BCUT2D eigenvalue weighted by atomic mass is 32.1. The van der Waals surface area contributed by atoms with Crippen LogP contribution in [0.2, 0.25) is 0 Å². The highest BCUT2D eigenvalue weighted by molar-refractivity contribution is 7.26. The summed E-state index contributed by atoms with van der Waals surface area (Å²) in [5, 5.41) is 9.61. The van der Waals surface area contributed by atoms with Crippen molar-refractivity contribution in [1.82, 2.24) is 0 Å². The van der Waals surface area contributed by atoms with E-state index in [4.69, 9.17) is 4.42 Å². The standard InChI is InChI=1S/C50H30N2OS/c1-3-12-33-26-36(24-22-31(33)10-1)51-38-28-35(40-15-7-16-42-41-14-5-6-21-47(41)54-50(40)42)29-39(30-38)52(37-25-23-32-11-2-4-13-34(32)27-37)44-18-9-20-46-49(44)48-43(51)17-8-19-45(48)53-46/h1-30H. The van der Waals surface area contributed by atoms with Crippen molar-refractivity contribution < 1.29 is 4.42 Å². The predicted octanol–water partition coefficient (Wildman–Crippen LogP) is 15.2. The Hall–Kier alpha value is -6.88. The van der Waals surface area contributed by atoms with E-state index in [-0.39, 0.29) is 0 Å². The fourth-order valence-electron chi connectivity index (χ4n) is 8.67. The summed E-state index contributed by atoms with van der Waals surface area (Å²) in [4.78, 5) is 4.87. The molecule has 2 bridgehead atoms. The Morgan fingerprint density at radius 3 is 1.56 bits per heavy atom. The molecule has 1 aliphatic heterocycles. The van der Waals surface area contributed by atoms with Crippen LogP contribution in [0.3, 0.4) is 0 Å². The van der Waals surface area contributed by atoms with Crippen LogP contribution in [0.4, 0.5) is 34.1 Å². The normalized spacial score (nSPS) is 12.7. The molecule has 54 heavy (non-hydrogen) atoms. The van der Waals surface area contributed by atoms with Crippen molar-refractivity contribution >= 4 is 109 Å². The number of rotatable bonds is 3. The van der Waals surface area contributed by atoms with Crippen molar-refractivity contribution in [3.05, 3.63) is 182 Å². The lowest BCUT2D eigenvalue weighted by atomic mass is 10.00. The molecule has 0 amide bonds. The molecule has 0 saturated heterocycles. The second-order valence-corrected chi connectivity index (χ2v) is 15.2. The Kier molecular flexibility index (Phi) is 6.21. The van der Waals surface area contributed by atoms with E-state index >= 15 is 0 Å². The van der Waals surface area contributed by atoms with Crippen molar-refractivity contribution in [3.8, 4) is 11.1 Å². The highest BCUT2D eigenvalue weighted by Gasteiger charge is 2.28. The second-order valence-electron chi connectivity index (χ2n) is 14.2. The lowest BCUT2D eigenvalue weighted by Crippen LogP contribution is -2.12. The number of fused-ring (bicyclic) bond motifs is 7. The van der Waals surface area contributed by atoms with Crippen molar-refractivity contribution in [2.24, 2.45) is 0 Å². The quantitative estimate of drug-likeness (QED) is 0.182. The third kappa shape index (κ3) is 4.35.